The van der Waals surface area contributed by atoms with Gasteiger partial charge in [-0.1, -0.05) is 6.92 Å². The highest BCUT2D eigenvalue weighted by molar-refractivity contribution is 4.70. The van der Waals surface area contributed by atoms with Gasteiger partial charge in [0.05, 0.1) is 6.10 Å². The third-order valence-corrected chi connectivity index (χ3v) is 2.93. The van der Waals surface area contributed by atoms with Crippen molar-refractivity contribution >= 4 is 0 Å². The molecule has 0 radical (unpaired) electrons. The molecule has 0 aliphatic carbocycles. The summed E-state index contributed by atoms with van der Waals surface area (Å²) in [5.74, 6) is 0. The fourth-order valence-corrected chi connectivity index (χ4v) is 2.25. The zero-order chi connectivity index (χ0) is 11.1. The summed E-state index contributed by atoms with van der Waals surface area (Å²) in [5.41, 5.74) is 0. The van der Waals surface area contributed by atoms with Gasteiger partial charge in [-0.2, -0.15) is 0 Å². The van der Waals surface area contributed by atoms with E-state index in [0.29, 0.717) is 12.1 Å². The van der Waals surface area contributed by atoms with Gasteiger partial charge in [0.2, 0.25) is 0 Å². The molecule has 3 nitrogen and oxygen atoms in total. The number of hydrogen-bond acceptors (Lipinski definition) is 3. The first-order chi connectivity index (χ1) is 7.22. The molecule has 1 N–H and O–H groups in total. The Bertz CT molecular complexity index is 158. The van der Waals surface area contributed by atoms with E-state index >= 15 is 0 Å². The molecule has 2 unspecified atom stereocenters. The lowest BCUT2D eigenvalue weighted by molar-refractivity contribution is -0.00232. The van der Waals surface area contributed by atoms with Crippen LogP contribution in [0.5, 0.6) is 0 Å². The van der Waals surface area contributed by atoms with Gasteiger partial charge in [0.15, 0.2) is 0 Å². The van der Waals surface area contributed by atoms with Gasteiger partial charge in [0.25, 0.3) is 0 Å². The van der Waals surface area contributed by atoms with Gasteiger partial charge in [-0.15, -0.1) is 0 Å². The summed E-state index contributed by atoms with van der Waals surface area (Å²) in [6.45, 7) is 8.59. The maximum atomic E-state index is 5.73. The van der Waals surface area contributed by atoms with Crippen LogP contribution in [-0.2, 0) is 4.74 Å². The van der Waals surface area contributed by atoms with E-state index < -0.39 is 0 Å². The first kappa shape index (κ1) is 12.9. The largest absolute Gasteiger partial charge is 0.377 e. The van der Waals surface area contributed by atoms with Gasteiger partial charge in [-0.25, -0.2) is 0 Å². The lowest BCUT2D eigenvalue weighted by Gasteiger charge is -2.29. The Kier molecular flexibility index (Phi) is 6.22. The quantitative estimate of drug-likeness (QED) is 0.725. The monoisotopic (exact) mass is 214 g/mol. The van der Waals surface area contributed by atoms with Crippen LogP contribution in [-0.4, -0.2) is 50.3 Å². The number of nitrogens with zero attached hydrogens (tertiary/aromatic N) is 1. The maximum absolute atomic E-state index is 5.73. The zero-order valence-corrected chi connectivity index (χ0v) is 10.5. The summed E-state index contributed by atoms with van der Waals surface area (Å²) in [5, 5.41) is 3.43. The van der Waals surface area contributed by atoms with Crippen molar-refractivity contribution in [3.05, 3.63) is 0 Å². The predicted octanol–water partition coefficient (Wildman–Crippen LogP) is 1.49. The van der Waals surface area contributed by atoms with Crippen LogP contribution in [0.1, 0.15) is 33.1 Å². The average Bonchev–Trinajstić information content (AvgIpc) is 2.19. The molecular weight excluding hydrogens is 188 g/mol. The SMILES string of the molecule is CCNC(C)CN(C)CC1CCCCO1. The van der Waals surface area contributed by atoms with Crippen LogP contribution < -0.4 is 5.32 Å². The second-order valence-corrected chi connectivity index (χ2v) is 4.67. The van der Waals surface area contributed by atoms with Gasteiger partial charge in [0, 0.05) is 25.7 Å². The Balaban J connectivity index is 2.13. The standard InChI is InChI=1S/C12H26N2O/c1-4-13-11(2)9-14(3)10-12-7-5-6-8-15-12/h11-13H,4-10H2,1-3H3. The van der Waals surface area contributed by atoms with Crippen molar-refractivity contribution in [1.29, 1.82) is 0 Å². The Morgan fingerprint density at radius 1 is 1.47 bits per heavy atom. The molecule has 0 spiro atoms. The van der Waals surface area contributed by atoms with Gasteiger partial charge in [0.1, 0.15) is 0 Å². The van der Waals surface area contributed by atoms with Crippen molar-refractivity contribution in [2.45, 2.75) is 45.3 Å². The van der Waals surface area contributed by atoms with Gasteiger partial charge in [-0.3, -0.25) is 0 Å². The molecule has 0 aromatic heterocycles. The Labute approximate surface area is 94.2 Å². The van der Waals surface area contributed by atoms with Gasteiger partial charge < -0.3 is 15.0 Å². The molecule has 1 rings (SSSR count). The first-order valence-corrected chi connectivity index (χ1v) is 6.26. The smallest absolute Gasteiger partial charge is 0.0701 e. The molecule has 0 aromatic carbocycles. The summed E-state index contributed by atoms with van der Waals surface area (Å²) < 4.78 is 5.73. The van der Waals surface area contributed by atoms with E-state index in [2.05, 4.69) is 31.1 Å². The molecular formula is C12H26N2O. The zero-order valence-electron chi connectivity index (χ0n) is 10.5. The van der Waals surface area contributed by atoms with Crippen LogP contribution in [0.25, 0.3) is 0 Å². The Morgan fingerprint density at radius 3 is 2.87 bits per heavy atom. The molecule has 90 valence electrons. The number of nitrogens with one attached hydrogen (secondary N) is 1. The molecule has 1 saturated heterocycles. The molecule has 0 bridgehead atoms. The molecule has 1 fully saturated rings. The van der Waals surface area contributed by atoms with Crippen LogP contribution in [0.2, 0.25) is 0 Å². The lowest BCUT2D eigenvalue weighted by Crippen LogP contribution is -2.41. The van der Waals surface area contributed by atoms with E-state index in [9.17, 15) is 0 Å². The van der Waals surface area contributed by atoms with Gasteiger partial charge >= 0.3 is 0 Å². The summed E-state index contributed by atoms with van der Waals surface area (Å²) >= 11 is 0. The van der Waals surface area contributed by atoms with E-state index in [-0.39, 0.29) is 0 Å². The molecule has 0 aromatic rings. The molecule has 0 amide bonds. The summed E-state index contributed by atoms with van der Waals surface area (Å²) in [7, 11) is 2.19. The minimum Gasteiger partial charge on any atom is -0.377 e. The number of likely N-dealkylation sites (N-methyl/N-ethyl adjacent to an activating group) is 2. The minimum atomic E-state index is 0.470. The molecule has 15 heavy (non-hydrogen) atoms. The van der Waals surface area contributed by atoms with Crippen molar-refractivity contribution in [3.63, 3.8) is 0 Å². The van der Waals surface area contributed by atoms with Crippen LogP contribution in [0.4, 0.5) is 0 Å². The van der Waals surface area contributed by atoms with Crippen LogP contribution >= 0.6 is 0 Å². The van der Waals surface area contributed by atoms with Crippen molar-refractivity contribution in [2.24, 2.45) is 0 Å². The molecule has 1 aliphatic heterocycles. The molecule has 3 heteroatoms. The fraction of sp³-hybridized carbons (Fsp3) is 1.00. The lowest BCUT2D eigenvalue weighted by atomic mass is 10.1. The van der Waals surface area contributed by atoms with Crippen LogP contribution in [0, 0.1) is 0 Å². The first-order valence-electron chi connectivity index (χ1n) is 6.26. The highest BCUT2D eigenvalue weighted by Crippen LogP contribution is 2.13. The van der Waals surface area contributed by atoms with E-state index in [1.165, 1.54) is 19.3 Å². The number of rotatable bonds is 6. The summed E-state index contributed by atoms with van der Waals surface area (Å²) in [6.07, 6.45) is 4.28. The second kappa shape index (κ2) is 7.20. The van der Waals surface area contributed by atoms with Crippen LogP contribution in [0.3, 0.4) is 0 Å². The molecule has 0 saturated carbocycles. The Morgan fingerprint density at radius 2 is 2.27 bits per heavy atom. The van der Waals surface area contributed by atoms with Crippen molar-refractivity contribution < 1.29 is 4.74 Å². The van der Waals surface area contributed by atoms with Crippen molar-refractivity contribution in [3.8, 4) is 0 Å². The van der Waals surface area contributed by atoms with E-state index in [0.717, 1.165) is 26.2 Å². The third kappa shape index (κ3) is 5.50. The number of ether oxygens (including phenoxy) is 1. The van der Waals surface area contributed by atoms with E-state index in [1.54, 1.807) is 0 Å². The molecule has 2 atom stereocenters. The highest BCUT2D eigenvalue weighted by Gasteiger charge is 2.16. The maximum Gasteiger partial charge on any atom is 0.0701 e. The highest BCUT2D eigenvalue weighted by atomic mass is 16.5. The summed E-state index contributed by atoms with van der Waals surface area (Å²) in [4.78, 5) is 2.38. The topological polar surface area (TPSA) is 24.5 Å². The molecule has 1 heterocycles. The predicted molar refractivity (Wildman–Crippen MR) is 64.2 cm³/mol. The Hall–Kier alpha value is -0.120. The fourth-order valence-electron chi connectivity index (χ4n) is 2.25. The number of hydrogen-bond donors (Lipinski definition) is 1. The normalized spacial score (nSPS) is 24.4. The third-order valence-electron chi connectivity index (χ3n) is 2.93. The average molecular weight is 214 g/mol. The second-order valence-electron chi connectivity index (χ2n) is 4.67. The van der Waals surface area contributed by atoms with E-state index in [1.807, 2.05) is 0 Å². The van der Waals surface area contributed by atoms with Gasteiger partial charge in [-0.05, 0) is 39.8 Å². The summed E-state index contributed by atoms with van der Waals surface area (Å²) in [6, 6.07) is 0.573. The van der Waals surface area contributed by atoms with Crippen LogP contribution in [0.15, 0.2) is 0 Å². The van der Waals surface area contributed by atoms with E-state index in [4.69, 9.17) is 4.74 Å². The van der Waals surface area contributed by atoms with Crippen molar-refractivity contribution in [2.75, 3.05) is 33.3 Å². The minimum absolute atomic E-state index is 0.470. The molecule has 1 aliphatic rings. The van der Waals surface area contributed by atoms with Crippen molar-refractivity contribution in [1.82, 2.24) is 10.2 Å².